The third-order valence-corrected chi connectivity index (χ3v) is 6.49. The van der Waals surface area contributed by atoms with Gasteiger partial charge in [-0.1, -0.05) is 29.4 Å². The van der Waals surface area contributed by atoms with E-state index in [-0.39, 0.29) is 29.8 Å². The molecule has 0 spiro atoms. The van der Waals surface area contributed by atoms with Crippen LogP contribution in [0.2, 0.25) is 0 Å². The van der Waals surface area contributed by atoms with Crippen LogP contribution >= 0.6 is 0 Å². The number of phenols is 1. The number of phenolic OH excluding ortho intramolecular Hbond substituents is 1. The fraction of sp³-hybridized carbons (Fsp3) is 0.565. The minimum Gasteiger partial charge on any atom is -0.505 e. The molecule has 2 N–H and O–H groups in total. The quantitative estimate of drug-likeness (QED) is 0.675. The summed E-state index contributed by atoms with van der Waals surface area (Å²) in [6.07, 6.45) is 7.76. The van der Waals surface area contributed by atoms with E-state index in [0.29, 0.717) is 0 Å². The first-order chi connectivity index (χ1) is 12.7. The van der Waals surface area contributed by atoms with Gasteiger partial charge in [-0.15, -0.1) is 0 Å². The highest BCUT2D eigenvalue weighted by Gasteiger charge is 2.55. The van der Waals surface area contributed by atoms with E-state index in [9.17, 15) is 14.6 Å². The van der Waals surface area contributed by atoms with E-state index in [1.807, 2.05) is 13.8 Å². The van der Waals surface area contributed by atoms with Gasteiger partial charge >= 0.3 is 0 Å². The molecule has 1 saturated heterocycles. The molecule has 1 aromatic carbocycles. The molecular weight excluding hydrogens is 343 g/mol. The molecule has 2 aliphatic rings. The Hall–Kier alpha value is -1.65. The van der Waals surface area contributed by atoms with Crippen molar-refractivity contribution in [3.63, 3.8) is 0 Å². The molecule has 0 aromatic heterocycles. The van der Waals surface area contributed by atoms with Gasteiger partial charge in [0.25, 0.3) is 0 Å². The summed E-state index contributed by atoms with van der Waals surface area (Å²) >= 11 is 0. The van der Waals surface area contributed by atoms with Crippen molar-refractivity contribution in [2.24, 2.45) is 11.3 Å². The summed E-state index contributed by atoms with van der Waals surface area (Å²) < 4.78 is 20.5. The molecule has 3 atom stereocenters. The van der Waals surface area contributed by atoms with Crippen molar-refractivity contribution in [2.75, 3.05) is 6.61 Å². The number of aliphatic hydroxyl groups excluding tert-OH is 1. The Kier molecular flexibility index (Phi) is 5.51. The highest BCUT2D eigenvalue weighted by atomic mass is 19.1. The van der Waals surface area contributed by atoms with Gasteiger partial charge in [0.15, 0.2) is 11.6 Å². The molecule has 3 unspecified atom stereocenters. The summed E-state index contributed by atoms with van der Waals surface area (Å²) in [7, 11) is 0. The molecule has 1 aliphatic heterocycles. The number of hydrogen-bond acceptors (Lipinski definition) is 3. The second-order valence-electron chi connectivity index (χ2n) is 8.81. The molecule has 0 amide bonds. The lowest BCUT2D eigenvalue weighted by molar-refractivity contribution is -0.223. The van der Waals surface area contributed by atoms with E-state index >= 15 is 0 Å². The highest BCUT2D eigenvalue weighted by molar-refractivity contribution is 5.33. The summed E-state index contributed by atoms with van der Waals surface area (Å²) in [6.45, 7) is 8.31. The van der Waals surface area contributed by atoms with Gasteiger partial charge in [-0.2, -0.15) is 0 Å². The standard InChI is InChI=1S/C23H31FO3/c1-15(2)6-5-7-16-10-11-23(14-25)13-18(16)21(27-22(23,3)4)17-8-9-20(26)19(24)12-17/h6,8-10,12,18,21,25-26H,5,7,11,13-14H2,1-4H3. The van der Waals surface area contributed by atoms with Gasteiger partial charge < -0.3 is 14.9 Å². The van der Waals surface area contributed by atoms with Crippen molar-refractivity contribution in [3.8, 4) is 5.75 Å². The van der Waals surface area contributed by atoms with E-state index in [0.717, 1.165) is 31.2 Å². The fourth-order valence-electron chi connectivity index (χ4n) is 4.57. The zero-order valence-electron chi connectivity index (χ0n) is 16.8. The van der Waals surface area contributed by atoms with E-state index in [1.165, 1.54) is 23.3 Å². The zero-order valence-corrected chi connectivity index (χ0v) is 16.8. The Morgan fingerprint density at radius 2 is 2.07 bits per heavy atom. The Morgan fingerprint density at radius 3 is 2.70 bits per heavy atom. The minimum absolute atomic E-state index is 0.0743. The number of rotatable bonds is 5. The Morgan fingerprint density at radius 1 is 1.33 bits per heavy atom. The molecule has 1 aromatic rings. The number of hydrogen-bond donors (Lipinski definition) is 2. The second kappa shape index (κ2) is 7.40. The number of ether oxygens (including phenoxy) is 1. The van der Waals surface area contributed by atoms with Crippen LogP contribution in [-0.2, 0) is 4.74 Å². The number of allylic oxidation sites excluding steroid dienone is 3. The van der Waals surface area contributed by atoms with Crippen LogP contribution in [0.15, 0.2) is 41.5 Å². The van der Waals surface area contributed by atoms with Crippen LogP contribution < -0.4 is 0 Å². The summed E-state index contributed by atoms with van der Waals surface area (Å²) in [4.78, 5) is 0. The average molecular weight is 374 g/mol. The summed E-state index contributed by atoms with van der Waals surface area (Å²) in [6, 6.07) is 4.52. The molecule has 148 valence electrons. The molecule has 0 saturated carbocycles. The van der Waals surface area contributed by atoms with Gasteiger partial charge in [0, 0.05) is 11.3 Å². The number of fused-ring (bicyclic) bond motifs is 2. The molecule has 1 heterocycles. The smallest absolute Gasteiger partial charge is 0.165 e. The van der Waals surface area contributed by atoms with E-state index in [1.54, 1.807) is 6.07 Å². The Bertz CT molecular complexity index is 761. The zero-order chi connectivity index (χ0) is 19.8. The van der Waals surface area contributed by atoms with Gasteiger partial charge in [-0.25, -0.2) is 4.39 Å². The van der Waals surface area contributed by atoms with Crippen LogP contribution in [0.4, 0.5) is 4.39 Å². The molecule has 0 radical (unpaired) electrons. The van der Waals surface area contributed by atoms with E-state index < -0.39 is 11.4 Å². The molecule has 3 rings (SSSR count). The first kappa shape index (κ1) is 20.1. The van der Waals surface area contributed by atoms with Gasteiger partial charge in [0.05, 0.1) is 18.3 Å². The normalized spacial score (nSPS) is 29.2. The predicted molar refractivity (Wildman–Crippen MR) is 105 cm³/mol. The Labute approximate surface area is 161 Å². The maximum atomic E-state index is 14.0. The van der Waals surface area contributed by atoms with E-state index in [4.69, 9.17) is 4.74 Å². The van der Waals surface area contributed by atoms with Crippen molar-refractivity contribution in [1.82, 2.24) is 0 Å². The summed E-state index contributed by atoms with van der Waals surface area (Å²) in [5, 5.41) is 19.7. The molecule has 1 aliphatic carbocycles. The van der Waals surface area contributed by atoms with Gasteiger partial charge in [0.2, 0.25) is 0 Å². The van der Waals surface area contributed by atoms with Gasteiger partial charge in [0.1, 0.15) is 0 Å². The first-order valence-corrected chi connectivity index (χ1v) is 9.78. The van der Waals surface area contributed by atoms with Crippen molar-refractivity contribution in [2.45, 2.75) is 65.1 Å². The third kappa shape index (κ3) is 3.70. The lowest BCUT2D eigenvalue weighted by atomic mass is 9.58. The van der Waals surface area contributed by atoms with Crippen LogP contribution in [0.3, 0.4) is 0 Å². The van der Waals surface area contributed by atoms with Crippen LogP contribution in [-0.4, -0.2) is 22.4 Å². The van der Waals surface area contributed by atoms with E-state index in [2.05, 4.69) is 26.0 Å². The average Bonchev–Trinajstić information content (AvgIpc) is 2.61. The third-order valence-electron chi connectivity index (χ3n) is 6.49. The molecular formula is C23H31FO3. The molecule has 1 fully saturated rings. The topological polar surface area (TPSA) is 49.7 Å². The molecule has 2 bridgehead atoms. The lowest BCUT2D eigenvalue weighted by Crippen LogP contribution is -2.56. The first-order valence-electron chi connectivity index (χ1n) is 9.78. The SMILES string of the molecule is CC(C)=CCCC1=CCC2(CO)CC1C(c1ccc(O)c(F)c1)OC2(C)C. The maximum Gasteiger partial charge on any atom is 0.165 e. The lowest BCUT2D eigenvalue weighted by Gasteiger charge is -2.57. The van der Waals surface area contributed by atoms with Crippen molar-refractivity contribution >= 4 is 0 Å². The summed E-state index contributed by atoms with van der Waals surface area (Å²) in [5.74, 6) is -0.867. The number of aliphatic hydroxyl groups is 1. The van der Waals surface area contributed by atoms with Crippen LogP contribution in [0.1, 0.15) is 65.0 Å². The van der Waals surface area contributed by atoms with Crippen LogP contribution in [0.25, 0.3) is 0 Å². The van der Waals surface area contributed by atoms with Gasteiger partial charge in [-0.05, 0) is 71.1 Å². The molecule has 4 heteroatoms. The fourth-order valence-corrected chi connectivity index (χ4v) is 4.57. The Balaban J connectivity index is 1.98. The predicted octanol–water partition coefficient (Wildman–Crippen LogP) is 5.44. The largest absolute Gasteiger partial charge is 0.505 e. The minimum atomic E-state index is -0.626. The van der Waals surface area contributed by atoms with Crippen LogP contribution in [0.5, 0.6) is 5.75 Å². The van der Waals surface area contributed by atoms with Gasteiger partial charge in [-0.3, -0.25) is 0 Å². The molecule has 27 heavy (non-hydrogen) atoms. The number of aromatic hydroxyl groups is 1. The van der Waals surface area contributed by atoms with Crippen molar-refractivity contribution in [1.29, 1.82) is 0 Å². The molecule has 3 nitrogen and oxygen atoms in total. The van der Waals surface area contributed by atoms with Crippen molar-refractivity contribution < 1.29 is 19.3 Å². The number of halogens is 1. The van der Waals surface area contributed by atoms with Crippen LogP contribution in [0, 0.1) is 17.2 Å². The van der Waals surface area contributed by atoms with Crippen molar-refractivity contribution in [3.05, 3.63) is 52.9 Å². The highest BCUT2D eigenvalue weighted by Crippen LogP contribution is 2.58. The summed E-state index contributed by atoms with van der Waals surface area (Å²) in [5.41, 5.74) is 2.52. The number of benzene rings is 1. The monoisotopic (exact) mass is 374 g/mol. The maximum absolute atomic E-state index is 14.0. The second-order valence-corrected chi connectivity index (χ2v) is 8.81.